The van der Waals surface area contributed by atoms with Crippen molar-refractivity contribution in [2.75, 3.05) is 0 Å². The molecular formula is C14H18Fe. The van der Waals surface area contributed by atoms with Crippen LogP contribution in [0.15, 0.2) is 48.5 Å². The first kappa shape index (κ1) is 14.2. The molecule has 0 aliphatic heterocycles. The Kier molecular flexibility index (Phi) is 8.08. The van der Waals surface area contributed by atoms with Crippen LogP contribution >= 0.6 is 0 Å². The summed E-state index contributed by atoms with van der Waals surface area (Å²) < 4.78 is 0. The quantitative estimate of drug-likeness (QED) is 0.552. The number of aryl methyl sites for hydroxylation is 2. The van der Waals surface area contributed by atoms with Crippen LogP contribution in [-0.4, -0.2) is 0 Å². The molecule has 0 saturated carbocycles. The third-order valence-electron chi connectivity index (χ3n) is 2.25. The summed E-state index contributed by atoms with van der Waals surface area (Å²) in [5, 5.41) is 0. The summed E-state index contributed by atoms with van der Waals surface area (Å²) in [5.41, 5.74) is 2.93. The Hall–Kier alpha value is -0.781. The number of hydrogen-bond acceptors (Lipinski definition) is 0. The molecule has 0 amide bonds. The molecule has 0 atom stereocenters. The molecule has 2 aromatic carbocycles. The van der Waals surface area contributed by atoms with E-state index in [1.54, 1.807) is 0 Å². The molecule has 0 saturated heterocycles. The zero-order valence-electron chi connectivity index (χ0n) is 9.39. The molecule has 0 aliphatic rings. The summed E-state index contributed by atoms with van der Waals surface area (Å²) in [6, 6.07) is 16.7. The molecule has 0 bridgehead atoms. The molecule has 2 aromatic rings. The van der Waals surface area contributed by atoms with E-state index in [1.807, 2.05) is 30.3 Å². The van der Waals surface area contributed by atoms with Gasteiger partial charge in [-0.3, -0.25) is 0 Å². The first-order valence-corrected chi connectivity index (χ1v) is 5.28. The number of rotatable bonds is 2. The molecule has 0 radical (unpaired) electrons. The summed E-state index contributed by atoms with van der Waals surface area (Å²) in [4.78, 5) is 0. The van der Waals surface area contributed by atoms with Crippen molar-refractivity contribution >= 4 is 0 Å². The Labute approximate surface area is 104 Å². The zero-order chi connectivity index (χ0) is 10.2. The summed E-state index contributed by atoms with van der Waals surface area (Å²) in [6.45, 7) is 4.38. The second-order valence-corrected chi connectivity index (χ2v) is 3.30. The molecule has 0 aliphatic carbocycles. The van der Waals surface area contributed by atoms with Gasteiger partial charge in [0.05, 0.1) is 0 Å². The van der Waals surface area contributed by atoms with Crippen molar-refractivity contribution in [2.45, 2.75) is 26.7 Å². The Morgan fingerprint density at radius 3 is 2.13 bits per heavy atom. The zero-order valence-corrected chi connectivity index (χ0v) is 10.5. The third kappa shape index (κ3) is 5.61. The summed E-state index contributed by atoms with van der Waals surface area (Å²) >= 11 is 0. The molecule has 0 fully saturated rings. The van der Waals surface area contributed by atoms with E-state index in [0.717, 1.165) is 0 Å². The van der Waals surface area contributed by atoms with Gasteiger partial charge < -0.3 is 0 Å². The second-order valence-electron chi connectivity index (χ2n) is 3.30. The first-order valence-electron chi connectivity index (χ1n) is 5.28. The molecule has 0 nitrogen and oxygen atoms in total. The van der Waals surface area contributed by atoms with Crippen LogP contribution in [0.25, 0.3) is 0 Å². The standard InChI is InChI=1S/C9H13.C5H5.Fe/c1-3-8-5-6-9(4-2)7-8;1-2-4-5-3-1;/h5-7H,3-4H2,1-2H3;1-5H;/q2*-1;+2. The molecule has 0 aromatic heterocycles. The van der Waals surface area contributed by atoms with Gasteiger partial charge in [-0.1, -0.05) is 26.7 Å². The van der Waals surface area contributed by atoms with Crippen LogP contribution in [0.2, 0.25) is 0 Å². The van der Waals surface area contributed by atoms with Gasteiger partial charge in [0.15, 0.2) is 0 Å². The molecule has 82 valence electrons. The van der Waals surface area contributed by atoms with Crippen LogP contribution in [0.1, 0.15) is 25.0 Å². The van der Waals surface area contributed by atoms with E-state index in [9.17, 15) is 0 Å². The Balaban J connectivity index is 0.000000280. The predicted molar refractivity (Wildman–Crippen MR) is 62.8 cm³/mol. The maximum Gasteiger partial charge on any atom is 2.00 e. The fourth-order valence-corrected chi connectivity index (χ4v) is 1.31. The van der Waals surface area contributed by atoms with Gasteiger partial charge in [0.1, 0.15) is 0 Å². The molecule has 15 heavy (non-hydrogen) atoms. The van der Waals surface area contributed by atoms with Crippen molar-refractivity contribution in [3.8, 4) is 0 Å². The summed E-state index contributed by atoms with van der Waals surface area (Å²) in [6.07, 6.45) is 2.33. The van der Waals surface area contributed by atoms with Gasteiger partial charge in [0.2, 0.25) is 0 Å². The van der Waals surface area contributed by atoms with Gasteiger partial charge in [-0.25, -0.2) is 18.2 Å². The molecule has 0 heterocycles. The van der Waals surface area contributed by atoms with Gasteiger partial charge in [-0.2, -0.15) is 41.5 Å². The van der Waals surface area contributed by atoms with Crippen LogP contribution < -0.4 is 0 Å². The monoisotopic (exact) mass is 242 g/mol. The largest absolute Gasteiger partial charge is 2.00 e. The van der Waals surface area contributed by atoms with E-state index in [2.05, 4.69) is 32.0 Å². The second kappa shape index (κ2) is 8.52. The molecule has 0 unspecified atom stereocenters. The van der Waals surface area contributed by atoms with Crippen LogP contribution in [0.4, 0.5) is 0 Å². The van der Waals surface area contributed by atoms with Gasteiger partial charge in [-0.05, 0) is 0 Å². The van der Waals surface area contributed by atoms with Crippen LogP contribution in [0.5, 0.6) is 0 Å². The number of hydrogen-bond donors (Lipinski definition) is 0. The fraction of sp³-hybridized carbons (Fsp3) is 0.286. The Morgan fingerprint density at radius 2 is 1.87 bits per heavy atom. The van der Waals surface area contributed by atoms with E-state index in [4.69, 9.17) is 0 Å². The van der Waals surface area contributed by atoms with Gasteiger partial charge in [0.25, 0.3) is 0 Å². The third-order valence-corrected chi connectivity index (χ3v) is 2.25. The van der Waals surface area contributed by atoms with Crippen LogP contribution in [0.3, 0.4) is 0 Å². The van der Waals surface area contributed by atoms with E-state index in [-0.39, 0.29) is 17.1 Å². The van der Waals surface area contributed by atoms with Crippen LogP contribution in [0, 0.1) is 0 Å². The minimum atomic E-state index is 0. The summed E-state index contributed by atoms with van der Waals surface area (Å²) in [7, 11) is 0. The first-order chi connectivity index (χ1) is 6.86. The minimum absolute atomic E-state index is 0. The topological polar surface area (TPSA) is 0 Å². The van der Waals surface area contributed by atoms with Crippen LogP contribution in [-0.2, 0) is 29.9 Å². The van der Waals surface area contributed by atoms with Gasteiger partial charge in [0, 0.05) is 0 Å². The molecule has 0 N–H and O–H groups in total. The van der Waals surface area contributed by atoms with Crippen molar-refractivity contribution in [3.63, 3.8) is 0 Å². The van der Waals surface area contributed by atoms with Crippen molar-refractivity contribution < 1.29 is 17.1 Å². The molecule has 0 spiro atoms. The maximum atomic E-state index is 2.28. The van der Waals surface area contributed by atoms with E-state index in [1.165, 1.54) is 24.0 Å². The average molecular weight is 242 g/mol. The normalized spacial score (nSPS) is 8.67. The summed E-state index contributed by atoms with van der Waals surface area (Å²) in [5.74, 6) is 0. The van der Waals surface area contributed by atoms with Crippen molar-refractivity contribution in [2.24, 2.45) is 0 Å². The fourth-order valence-electron chi connectivity index (χ4n) is 1.31. The average Bonchev–Trinajstić information content (AvgIpc) is 2.92. The van der Waals surface area contributed by atoms with E-state index in [0.29, 0.717) is 0 Å². The molecular weight excluding hydrogens is 224 g/mol. The Morgan fingerprint density at radius 1 is 1.20 bits per heavy atom. The van der Waals surface area contributed by atoms with E-state index < -0.39 is 0 Å². The SMILES string of the molecule is CCc1cc[c-](CC)c1.[Fe+2].c1cc[cH-]c1. The maximum absolute atomic E-state index is 2.28. The molecule has 1 heteroatoms. The molecule has 2 rings (SSSR count). The minimum Gasteiger partial charge on any atom is -0.214 e. The van der Waals surface area contributed by atoms with Gasteiger partial charge in [-0.15, -0.1) is 0 Å². The van der Waals surface area contributed by atoms with Crippen molar-refractivity contribution in [1.82, 2.24) is 0 Å². The van der Waals surface area contributed by atoms with E-state index >= 15 is 0 Å². The van der Waals surface area contributed by atoms with Crippen molar-refractivity contribution in [1.29, 1.82) is 0 Å². The smallest absolute Gasteiger partial charge is 0.214 e. The van der Waals surface area contributed by atoms with Crippen molar-refractivity contribution in [3.05, 3.63) is 59.7 Å². The predicted octanol–water partition coefficient (Wildman–Crippen LogP) is 3.93. The van der Waals surface area contributed by atoms with Gasteiger partial charge >= 0.3 is 17.1 Å². The Bertz CT molecular complexity index is 281.